The van der Waals surface area contributed by atoms with Crippen LogP contribution in [0.2, 0.25) is 5.02 Å². The first-order valence-corrected chi connectivity index (χ1v) is 12.2. The summed E-state index contributed by atoms with van der Waals surface area (Å²) in [6, 6.07) is 23.0. The fourth-order valence-corrected chi connectivity index (χ4v) is 4.95. The molecule has 0 amide bonds. The number of thiazole rings is 1. The Morgan fingerprint density at radius 1 is 0.941 bits per heavy atom. The van der Waals surface area contributed by atoms with Crippen molar-refractivity contribution in [3.8, 4) is 11.3 Å². The Morgan fingerprint density at radius 3 is 2.24 bits per heavy atom. The van der Waals surface area contributed by atoms with Crippen molar-refractivity contribution in [3.05, 3.63) is 106 Å². The molecule has 5 rings (SSSR count). The minimum Gasteiger partial charge on any atom is -0.231 e. The maximum absolute atomic E-state index is 13.5. The number of nitrogens with zero attached hydrogens (tertiary/aromatic N) is 3. The Kier molecular flexibility index (Phi) is 7.51. The molecule has 0 saturated heterocycles. The highest BCUT2D eigenvalue weighted by molar-refractivity contribution is 8.93. The van der Waals surface area contributed by atoms with E-state index in [0.29, 0.717) is 10.9 Å². The van der Waals surface area contributed by atoms with Crippen LogP contribution in [0.5, 0.6) is 0 Å². The van der Waals surface area contributed by atoms with Crippen LogP contribution in [0.15, 0.2) is 83.3 Å². The molecule has 1 atom stereocenters. The summed E-state index contributed by atoms with van der Waals surface area (Å²) >= 11 is 7.61. The van der Waals surface area contributed by atoms with Gasteiger partial charge in [-0.15, -0.1) is 28.3 Å². The smallest absolute Gasteiger partial charge is 0.207 e. The molecule has 2 heterocycles. The number of halogens is 3. The first-order chi connectivity index (χ1) is 16.0. The van der Waals surface area contributed by atoms with Gasteiger partial charge < -0.3 is 0 Å². The monoisotopic (exact) mass is 555 g/mol. The van der Waals surface area contributed by atoms with Gasteiger partial charge in [-0.1, -0.05) is 74.0 Å². The minimum atomic E-state index is -0.248. The van der Waals surface area contributed by atoms with Crippen molar-refractivity contribution in [1.82, 2.24) is 4.98 Å². The summed E-state index contributed by atoms with van der Waals surface area (Å²) in [6.45, 7) is 4.39. The third kappa shape index (κ3) is 5.09. The van der Waals surface area contributed by atoms with Crippen LogP contribution in [-0.4, -0.2) is 10.7 Å². The molecular weight excluding hydrogens is 533 g/mol. The fourth-order valence-electron chi connectivity index (χ4n) is 3.99. The Hall–Kier alpha value is -2.54. The number of aromatic nitrogens is 1. The van der Waals surface area contributed by atoms with Gasteiger partial charge in [-0.3, -0.25) is 0 Å². The van der Waals surface area contributed by atoms with Crippen LogP contribution in [0.25, 0.3) is 11.3 Å². The molecule has 0 radical (unpaired) electrons. The van der Waals surface area contributed by atoms with Gasteiger partial charge in [0.05, 0.1) is 17.4 Å². The van der Waals surface area contributed by atoms with Gasteiger partial charge >= 0.3 is 0 Å². The largest absolute Gasteiger partial charge is 0.231 e. The third-order valence-electron chi connectivity index (χ3n) is 5.90. The Labute approximate surface area is 218 Å². The van der Waals surface area contributed by atoms with Gasteiger partial charge in [0.25, 0.3) is 0 Å². The van der Waals surface area contributed by atoms with Crippen LogP contribution in [0.1, 0.15) is 48.9 Å². The van der Waals surface area contributed by atoms with Gasteiger partial charge in [0.2, 0.25) is 5.13 Å². The van der Waals surface area contributed by atoms with Gasteiger partial charge in [0.1, 0.15) is 5.82 Å². The molecule has 34 heavy (non-hydrogen) atoms. The number of anilines is 1. The van der Waals surface area contributed by atoms with E-state index in [4.69, 9.17) is 21.7 Å². The lowest BCUT2D eigenvalue weighted by atomic mass is 9.95. The molecule has 1 unspecified atom stereocenters. The second kappa shape index (κ2) is 10.4. The molecule has 0 bridgehead atoms. The molecule has 4 aromatic rings. The van der Waals surface area contributed by atoms with Crippen LogP contribution in [0.3, 0.4) is 0 Å². The molecule has 1 aliphatic rings. The lowest BCUT2D eigenvalue weighted by Gasteiger charge is -2.21. The average molecular weight is 557 g/mol. The number of benzene rings is 3. The van der Waals surface area contributed by atoms with E-state index < -0.39 is 0 Å². The van der Waals surface area contributed by atoms with Gasteiger partial charge in [0.15, 0.2) is 0 Å². The van der Waals surface area contributed by atoms with Gasteiger partial charge in [-0.25, -0.2) is 14.4 Å². The average Bonchev–Trinajstić information content (AvgIpc) is 3.48. The standard InChI is InChI=1S/C27H23ClFN3S.BrH/c1-17(2)18-3-5-21(6-4-18)26-15-24(19-9-13-23(29)14-10-19)31-32(26)27-30-25(16-33-27)20-7-11-22(28)12-8-20;/h3-14,16-17,26H,15H2,1-2H3;1H. The zero-order chi connectivity index (χ0) is 22.9. The molecule has 0 N–H and O–H groups in total. The van der Waals surface area contributed by atoms with Crippen molar-refractivity contribution in [3.63, 3.8) is 0 Å². The summed E-state index contributed by atoms with van der Waals surface area (Å²) in [5.74, 6) is 0.230. The van der Waals surface area contributed by atoms with Crippen molar-refractivity contribution in [2.75, 3.05) is 5.01 Å². The molecule has 1 aromatic heterocycles. The zero-order valence-corrected chi connectivity index (χ0v) is 22.1. The van der Waals surface area contributed by atoms with Gasteiger partial charge in [0, 0.05) is 22.4 Å². The lowest BCUT2D eigenvalue weighted by Crippen LogP contribution is -2.18. The number of hydrazone groups is 1. The van der Waals surface area contributed by atoms with Crippen molar-refractivity contribution < 1.29 is 4.39 Å². The Bertz CT molecular complexity index is 1280. The van der Waals surface area contributed by atoms with E-state index in [-0.39, 0.29) is 28.8 Å². The van der Waals surface area contributed by atoms with E-state index >= 15 is 0 Å². The first-order valence-electron chi connectivity index (χ1n) is 10.9. The highest BCUT2D eigenvalue weighted by atomic mass is 79.9. The molecule has 1 aliphatic heterocycles. The number of hydrogen-bond acceptors (Lipinski definition) is 4. The molecule has 7 heteroatoms. The second-order valence-electron chi connectivity index (χ2n) is 8.46. The topological polar surface area (TPSA) is 28.5 Å². The number of rotatable bonds is 5. The van der Waals surface area contributed by atoms with Gasteiger partial charge in [-0.05, 0) is 46.9 Å². The van der Waals surface area contributed by atoms with E-state index in [2.05, 4.69) is 38.1 Å². The summed E-state index contributed by atoms with van der Waals surface area (Å²) in [6.07, 6.45) is 0.725. The van der Waals surface area contributed by atoms with Crippen molar-refractivity contribution in [2.24, 2.45) is 5.10 Å². The molecule has 3 aromatic carbocycles. The normalized spacial score (nSPS) is 15.4. The molecule has 174 valence electrons. The summed E-state index contributed by atoms with van der Waals surface area (Å²) in [4.78, 5) is 4.89. The maximum atomic E-state index is 13.5. The second-order valence-corrected chi connectivity index (χ2v) is 9.73. The van der Waals surface area contributed by atoms with E-state index in [0.717, 1.165) is 34.1 Å². The van der Waals surface area contributed by atoms with Gasteiger partial charge in [-0.2, -0.15) is 5.10 Å². The van der Waals surface area contributed by atoms with E-state index in [1.807, 2.05) is 34.7 Å². The predicted molar refractivity (Wildman–Crippen MR) is 146 cm³/mol. The van der Waals surface area contributed by atoms with Crippen LogP contribution in [0, 0.1) is 5.82 Å². The van der Waals surface area contributed by atoms with Crippen molar-refractivity contribution >= 4 is 50.8 Å². The van der Waals surface area contributed by atoms with Crippen LogP contribution < -0.4 is 5.01 Å². The van der Waals surface area contributed by atoms with Crippen LogP contribution in [0.4, 0.5) is 9.52 Å². The molecule has 0 fully saturated rings. The maximum Gasteiger partial charge on any atom is 0.207 e. The third-order valence-corrected chi connectivity index (χ3v) is 6.99. The van der Waals surface area contributed by atoms with Crippen LogP contribution in [-0.2, 0) is 0 Å². The summed E-state index contributed by atoms with van der Waals surface area (Å²) in [5, 5.41) is 10.5. The molecule has 3 nitrogen and oxygen atoms in total. The first kappa shape index (κ1) is 24.6. The number of hydrogen-bond donors (Lipinski definition) is 0. The highest BCUT2D eigenvalue weighted by Crippen LogP contribution is 2.39. The Balaban J connectivity index is 0.00000274. The summed E-state index contributed by atoms with van der Waals surface area (Å²) in [5.41, 5.74) is 6.26. The fraction of sp³-hybridized carbons (Fsp3) is 0.185. The molecule has 0 aliphatic carbocycles. The van der Waals surface area contributed by atoms with Crippen molar-refractivity contribution in [1.29, 1.82) is 0 Å². The molecular formula is C27H24BrClFN3S. The highest BCUT2D eigenvalue weighted by Gasteiger charge is 2.31. The van der Waals surface area contributed by atoms with E-state index in [1.165, 1.54) is 23.3 Å². The SMILES string of the molecule is Br.CC(C)c1ccc(C2CC(c3ccc(F)cc3)=NN2c2nc(-c3ccc(Cl)cc3)cs2)cc1. The van der Waals surface area contributed by atoms with Crippen molar-refractivity contribution in [2.45, 2.75) is 32.2 Å². The minimum absolute atomic E-state index is 0. The van der Waals surface area contributed by atoms with Crippen LogP contribution >= 0.6 is 39.9 Å². The van der Waals surface area contributed by atoms with E-state index in [1.54, 1.807) is 23.5 Å². The lowest BCUT2D eigenvalue weighted by molar-refractivity contribution is 0.627. The summed E-state index contributed by atoms with van der Waals surface area (Å²) in [7, 11) is 0. The van der Waals surface area contributed by atoms with E-state index in [9.17, 15) is 4.39 Å². The summed E-state index contributed by atoms with van der Waals surface area (Å²) < 4.78 is 13.5. The Morgan fingerprint density at radius 2 is 1.59 bits per heavy atom. The molecule has 0 saturated carbocycles. The quantitative estimate of drug-likeness (QED) is 0.246. The predicted octanol–water partition coefficient (Wildman–Crippen LogP) is 8.66. The zero-order valence-electron chi connectivity index (χ0n) is 18.8. The molecule has 0 spiro atoms.